The van der Waals surface area contributed by atoms with E-state index in [9.17, 15) is 86.3 Å². The average Bonchev–Trinajstić information content (AvgIpc) is 0.858. The first-order valence-electron chi connectivity index (χ1n) is 39.8. The summed E-state index contributed by atoms with van der Waals surface area (Å²) in [5.41, 5.74) is 30.5. The van der Waals surface area contributed by atoms with Crippen LogP contribution < -0.4 is 49.1 Å². The van der Waals surface area contributed by atoms with Gasteiger partial charge in [-0.25, -0.2) is 0 Å². The van der Waals surface area contributed by atoms with E-state index in [1.165, 1.54) is 48.5 Å². The molecule has 5 atom stereocenters. The van der Waals surface area contributed by atoms with Crippen molar-refractivity contribution >= 4 is 111 Å². The monoisotopic (exact) mass is 1670 g/mol. The lowest BCUT2D eigenvalue weighted by Gasteiger charge is -2.22. The van der Waals surface area contributed by atoms with Gasteiger partial charge in [-0.05, 0) is 114 Å². The van der Waals surface area contributed by atoms with Crippen molar-refractivity contribution in [2.45, 2.75) is 157 Å². The molecule has 0 saturated heterocycles. The smallest absolute Gasteiger partial charge is 0.233 e. The number of nitrogens with one attached hydrogen (secondary N) is 6. The Kier molecular flexibility index (Phi) is 49.5. The molecular weight excluding hydrogens is 1560 g/mol. The SMILES string of the molecule is CC(=O)CCC(=O)C(Cc1ccc(C(C)=O)cc1)NC(=O)C(CC(=O)CCOCCNC(=O)CN)Cc1ccc(C(C)=O)cc1.CC(=O)CCC(=O)C(Cc1ccc(C(C)=O)cc1)NC(=O)C(CC(=O)CCOCCNC(=O)CN)Cc1ccc(N=[N+]=[N-])cc1.CC(=O)CNC(=O)C(CC(=O)CCOCCNC(=O)CN)Cc1ccc(C(C)=O)cc1. The van der Waals surface area contributed by atoms with Crippen LogP contribution >= 0.6 is 0 Å². The highest BCUT2D eigenvalue weighted by Gasteiger charge is 2.31. The van der Waals surface area contributed by atoms with Crippen LogP contribution in [0.1, 0.15) is 182 Å². The lowest BCUT2D eigenvalue weighted by Crippen LogP contribution is -2.46. The summed E-state index contributed by atoms with van der Waals surface area (Å²) in [7, 11) is 0. The number of Topliss-reactive ketones (excluding diaryl/α,β-unsaturated/α-hetero) is 12. The van der Waals surface area contributed by atoms with Gasteiger partial charge in [0.05, 0.1) is 77.9 Å². The van der Waals surface area contributed by atoms with Crippen LogP contribution in [-0.2, 0) is 113 Å². The molecule has 0 spiro atoms. The van der Waals surface area contributed by atoms with Crippen molar-refractivity contribution in [1.82, 2.24) is 31.9 Å². The molecule has 0 saturated carbocycles. The maximum Gasteiger partial charge on any atom is 0.233 e. The molecule has 33 nitrogen and oxygen atoms in total. The van der Waals surface area contributed by atoms with Gasteiger partial charge in [0.2, 0.25) is 35.4 Å². The highest BCUT2D eigenvalue weighted by Crippen LogP contribution is 2.23. The minimum Gasteiger partial charge on any atom is -0.379 e. The molecule has 0 aromatic heterocycles. The summed E-state index contributed by atoms with van der Waals surface area (Å²) in [4.78, 5) is 221. The van der Waals surface area contributed by atoms with Gasteiger partial charge in [0.25, 0.3) is 0 Å². The molecule has 12 N–H and O–H groups in total. The van der Waals surface area contributed by atoms with E-state index in [1.54, 1.807) is 121 Å². The molecule has 0 bridgehead atoms. The Labute approximate surface area is 704 Å². The summed E-state index contributed by atoms with van der Waals surface area (Å²) in [5, 5.41) is 19.4. The largest absolute Gasteiger partial charge is 0.379 e. The molecule has 0 aliphatic carbocycles. The first kappa shape index (κ1) is 103. The summed E-state index contributed by atoms with van der Waals surface area (Å²) in [6.07, 6.45) is 0.868. The second-order valence-electron chi connectivity index (χ2n) is 28.8. The molecule has 0 aliphatic rings. The quantitative estimate of drug-likeness (QED) is 0.00746. The van der Waals surface area contributed by atoms with Gasteiger partial charge in [0.1, 0.15) is 34.7 Å². The third-order valence-electron chi connectivity index (χ3n) is 18.6. The number of rotatable bonds is 57. The molecule has 0 heterocycles. The van der Waals surface area contributed by atoms with Crippen LogP contribution in [0.25, 0.3) is 10.4 Å². The van der Waals surface area contributed by atoms with Gasteiger partial charge in [0, 0.05) is 134 Å². The summed E-state index contributed by atoms with van der Waals surface area (Å²) >= 11 is 0. The number of nitrogens with zero attached hydrogens (tertiary/aromatic N) is 3. The summed E-state index contributed by atoms with van der Waals surface area (Å²) in [6.45, 7) is 11.3. The Hall–Kier alpha value is -12.0. The number of carbonyl (C=O) groups is 18. The van der Waals surface area contributed by atoms with Gasteiger partial charge in [-0.15, -0.1) is 0 Å². The second kappa shape index (κ2) is 58.0. The summed E-state index contributed by atoms with van der Waals surface area (Å²) in [5.74, 6) is -6.68. The molecule has 121 heavy (non-hydrogen) atoms. The van der Waals surface area contributed by atoms with E-state index in [2.05, 4.69) is 41.9 Å². The maximum absolute atomic E-state index is 13.7. The van der Waals surface area contributed by atoms with E-state index < -0.39 is 41.7 Å². The Bertz CT molecular complexity index is 4180. The number of carbonyl (C=O) groups excluding carboxylic acids is 18. The van der Waals surface area contributed by atoms with Gasteiger partial charge < -0.3 is 72.9 Å². The maximum atomic E-state index is 13.7. The van der Waals surface area contributed by atoms with E-state index in [-0.39, 0.29) is 262 Å². The number of hydrogen-bond donors (Lipinski definition) is 9. The van der Waals surface area contributed by atoms with Crippen LogP contribution in [0.3, 0.4) is 0 Å². The Morgan fingerprint density at radius 2 is 0.612 bits per heavy atom. The number of benzene rings is 5. The zero-order valence-corrected chi connectivity index (χ0v) is 69.9. The fraction of sp³-hybridized carbons (Fsp3) is 0.455. The number of azide groups is 1. The summed E-state index contributed by atoms with van der Waals surface area (Å²) in [6, 6.07) is 31.8. The van der Waals surface area contributed by atoms with E-state index >= 15 is 0 Å². The topological polar surface area (TPSA) is 534 Å². The van der Waals surface area contributed by atoms with Crippen molar-refractivity contribution in [2.75, 3.05) is 85.5 Å². The lowest BCUT2D eigenvalue weighted by atomic mass is 9.90. The fourth-order valence-electron chi connectivity index (χ4n) is 11.7. The van der Waals surface area contributed by atoms with Crippen LogP contribution in [-0.4, -0.2) is 202 Å². The van der Waals surface area contributed by atoms with Crippen molar-refractivity contribution < 1.29 is 101 Å². The molecule has 652 valence electrons. The lowest BCUT2D eigenvalue weighted by molar-refractivity contribution is -0.133. The van der Waals surface area contributed by atoms with Gasteiger partial charge >= 0.3 is 0 Å². The fourth-order valence-corrected chi connectivity index (χ4v) is 11.7. The van der Waals surface area contributed by atoms with E-state index in [4.69, 9.17) is 36.9 Å². The van der Waals surface area contributed by atoms with E-state index in [1.807, 2.05) is 0 Å². The minimum atomic E-state index is -0.961. The van der Waals surface area contributed by atoms with Crippen LogP contribution in [0.2, 0.25) is 0 Å². The second-order valence-corrected chi connectivity index (χ2v) is 28.8. The first-order valence-corrected chi connectivity index (χ1v) is 39.8. The van der Waals surface area contributed by atoms with Crippen LogP contribution in [0.15, 0.2) is 126 Å². The number of amides is 6. The minimum absolute atomic E-state index is 0.00542. The van der Waals surface area contributed by atoms with Crippen LogP contribution in [0.5, 0.6) is 0 Å². The number of ether oxygens (including phenoxy) is 3. The zero-order valence-electron chi connectivity index (χ0n) is 69.9. The number of hydrogen-bond acceptors (Lipinski definition) is 25. The van der Waals surface area contributed by atoms with Gasteiger partial charge in [-0.3, -0.25) is 76.7 Å². The van der Waals surface area contributed by atoms with E-state index in [0.29, 0.717) is 57.6 Å². The Morgan fingerprint density at radius 1 is 0.339 bits per heavy atom. The summed E-state index contributed by atoms with van der Waals surface area (Å²) < 4.78 is 16.2. The van der Waals surface area contributed by atoms with Gasteiger partial charge in [0.15, 0.2) is 34.7 Å². The van der Waals surface area contributed by atoms with Gasteiger partial charge in [-0.1, -0.05) is 126 Å². The third kappa shape index (κ3) is 44.6. The van der Waals surface area contributed by atoms with Crippen molar-refractivity contribution in [1.29, 1.82) is 0 Å². The molecular formula is C88H114N12O21. The molecule has 5 aromatic carbocycles. The first-order chi connectivity index (χ1) is 57.6. The normalized spacial score (nSPS) is 11.9. The molecule has 33 heteroatoms. The van der Waals surface area contributed by atoms with E-state index in [0.717, 1.165) is 11.1 Å². The molecule has 0 aliphatic heterocycles. The highest BCUT2D eigenvalue weighted by molar-refractivity contribution is 5.98. The molecule has 5 unspecified atom stereocenters. The highest BCUT2D eigenvalue weighted by atomic mass is 16.5. The predicted octanol–water partition coefficient (Wildman–Crippen LogP) is 5.65. The van der Waals surface area contributed by atoms with Crippen molar-refractivity contribution in [3.05, 3.63) is 182 Å². The Balaban J connectivity index is 0.000000478. The zero-order chi connectivity index (χ0) is 89.8. The molecule has 6 amide bonds. The van der Waals surface area contributed by atoms with Crippen molar-refractivity contribution in [3.63, 3.8) is 0 Å². The van der Waals surface area contributed by atoms with Crippen molar-refractivity contribution in [2.24, 2.45) is 40.1 Å². The molecule has 0 fully saturated rings. The van der Waals surface area contributed by atoms with Gasteiger partial charge in [-0.2, -0.15) is 0 Å². The standard InChI is InChI=1S/C34H43N3O8.C32H40N6O7.C22H31N3O6/c1-22(38)4-13-32(42)31(19-26-7-11-28(12-8-26)24(3)40)37-34(44)29(18-25-5-9-27(10-6-25)23(2)39)20-30(41)14-16-45-17-15-36-33(43)21-35;1-21(39)3-12-30(42)29(18-24-4-8-25(9-5-24)22(2)40)36-32(44)26(17-23-6-10-27(11-7-23)37-38-34)19-28(41)13-15-45-16-14-35-31(43)20-33;1-15(26)14-25-22(30)19(11-17-3-5-18(6-4-17)16(2)27)12-20(28)7-9-31-10-8-24-21(29)13-23/h5-12,29,31H,4,13-21,35H2,1-3H3,(H,36,43)(H,37,44);4-11,26,29H,3,12-20,33H2,1-2H3,(H,35,43)(H,36,44);3-6,19H,7-14,23H2,1-2H3,(H,24,29)(H,25,30). The molecule has 5 rings (SSSR count). The Morgan fingerprint density at radius 3 is 0.868 bits per heavy atom. The third-order valence-corrected chi connectivity index (χ3v) is 18.6. The van der Waals surface area contributed by atoms with Crippen molar-refractivity contribution in [3.8, 4) is 0 Å². The van der Waals surface area contributed by atoms with Crippen LogP contribution in [0.4, 0.5) is 5.69 Å². The average molecular weight is 1680 g/mol. The van der Waals surface area contributed by atoms with Crippen LogP contribution in [0, 0.1) is 17.8 Å². The predicted molar refractivity (Wildman–Crippen MR) is 449 cm³/mol. The number of ketones is 12. The number of nitrogens with two attached hydrogens (primary N) is 3. The molecule has 0 radical (unpaired) electrons. The molecule has 5 aromatic rings.